The number of amides is 1. The number of para-hydroxylation sites is 2. The number of rotatable bonds is 12. The highest BCUT2D eigenvalue weighted by atomic mass is 32.2. The lowest BCUT2D eigenvalue weighted by Crippen LogP contribution is -2.27. The molecule has 5 aromatic rings. The maximum absolute atomic E-state index is 12.6. The van der Waals surface area contributed by atoms with Crippen molar-refractivity contribution in [3.63, 3.8) is 0 Å². The topological polar surface area (TPSA) is 109 Å². The minimum Gasteiger partial charge on any atom is -0.497 e. The standard InChI is InChI=1S/C33H34N6O3S/c1-21-12-13-23(22(2)14-21)19-34-20-31(40)35-24-8-7-9-28(17-24)43-39-33-32(37-29-10-5-6-11-30(29)38-33)36-25-15-26(41-3)18-27(16-25)42-4/h5-18,34H,19-20H2,1-4H3,(H,35,40)(H,36,37)(H,38,39). The second-order valence-electron chi connectivity index (χ2n) is 9.95. The summed E-state index contributed by atoms with van der Waals surface area (Å²) < 4.78 is 14.2. The molecule has 0 bridgehead atoms. The van der Waals surface area contributed by atoms with Gasteiger partial charge in [0.1, 0.15) is 11.5 Å². The summed E-state index contributed by atoms with van der Waals surface area (Å²) in [7, 11) is 3.22. The monoisotopic (exact) mass is 594 g/mol. The van der Waals surface area contributed by atoms with Crippen LogP contribution in [0.3, 0.4) is 0 Å². The molecule has 1 amide bonds. The average molecular weight is 595 g/mol. The van der Waals surface area contributed by atoms with Crippen molar-refractivity contribution in [3.05, 3.63) is 102 Å². The van der Waals surface area contributed by atoms with Gasteiger partial charge >= 0.3 is 0 Å². The van der Waals surface area contributed by atoms with Gasteiger partial charge in [-0.05, 0) is 67.3 Å². The van der Waals surface area contributed by atoms with Gasteiger partial charge < -0.3 is 30.1 Å². The summed E-state index contributed by atoms with van der Waals surface area (Å²) in [5.74, 6) is 2.29. The maximum atomic E-state index is 12.6. The first-order chi connectivity index (χ1) is 20.9. The smallest absolute Gasteiger partial charge is 0.238 e. The lowest BCUT2D eigenvalue weighted by atomic mass is 10.1. The Balaban J connectivity index is 1.26. The average Bonchev–Trinajstić information content (AvgIpc) is 3.01. The van der Waals surface area contributed by atoms with E-state index in [1.54, 1.807) is 20.3 Å². The summed E-state index contributed by atoms with van der Waals surface area (Å²) in [6, 6.07) is 27.2. The van der Waals surface area contributed by atoms with Crippen molar-refractivity contribution >= 4 is 51.9 Å². The molecule has 4 aromatic carbocycles. The zero-order valence-electron chi connectivity index (χ0n) is 24.5. The summed E-state index contributed by atoms with van der Waals surface area (Å²) in [4.78, 5) is 23.1. The van der Waals surface area contributed by atoms with E-state index in [2.05, 4.69) is 52.7 Å². The Kier molecular flexibility index (Phi) is 9.60. The summed E-state index contributed by atoms with van der Waals surface area (Å²) >= 11 is 1.37. The van der Waals surface area contributed by atoms with Crippen LogP contribution in [0.5, 0.6) is 11.5 Å². The van der Waals surface area contributed by atoms with Crippen LogP contribution in [0.2, 0.25) is 0 Å². The number of benzene rings is 4. The number of anilines is 4. The predicted molar refractivity (Wildman–Crippen MR) is 175 cm³/mol. The van der Waals surface area contributed by atoms with Crippen molar-refractivity contribution in [1.82, 2.24) is 15.3 Å². The summed E-state index contributed by atoms with van der Waals surface area (Å²) in [5.41, 5.74) is 6.58. The Hall–Kier alpha value is -4.80. The molecule has 1 heterocycles. The first kappa shape index (κ1) is 29.7. The molecule has 0 aliphatic rings. The number of nitrogens with zero attached hydrogens (tertiary/aromatic N) is 2. The fourth-order valence-electron chi connectivity index (χ4n) is 4.48. The van der Waals surface area contributed by atoms with Crippen LogP contribution in [0.15, 0.2) is 89.8 Å². The van der Waals surface area contributed by atoms with Gasteiger partial charge in [-0.25, -0.2) is 9.97 Å². The minimum atomic E-state index is -0.111. The molecule has 0 radical (unpaired) electrons. The Morgan fingerprint density at radius 3 is 2.21 bits per heavy atom. The Morgan fingerprint density at radius 2 is 1.51 bits per heavy atom. The number of ether oxygens (including phenoxy) is 2. The number of hydrogen-bond acceptors (Lipinski definition) is 9. The van der Waals surface area contributed by atoms with Gasteiger partial charge in [0.05, 0.1) is 31.8 Å². The molecule has 5 rings (SSSR count). The third kappa shape index (κ3) is 7.94. The second kappa shape index (κ2) is 13.9. The SMILES string of the molecule is COc1cc(Nc2nc3ccccc3nc2NSc2cccc(NC(=O)CNCc3ccc(C)cc3C)c2)cc(OC)c1. The molecule has 0 unspecified atom stereocenters. The number of methoxy groups -OCH3 is 2. The number of aryl methyl sites for hydroxylation is 2. The van der Waals surface area contributed by atoms with E-state index in [4.69, 9.17) is 19.4 Å². The number of hydrogen-bond donors (Lipinski definition) is 4. The molecule has 0 saturated heterocycles. The third-order valence-electron chi connectivity index (χ3n) is 6.67. The van der Waals surface area contributed by atoms with Crippen LogP contribution in [-0.2, 0) is 11.3 Å². The van der Waals surface area contributed by atoms with Crippen LogP contribution in [0.25, 0.3) is 11.0 Å². The van der Waals surface area contributed by atoms with Crippen LogP contribution < -0.4 is 30.1 Å². The molecule has 9 nitrogen and oxygen atoms in total. The normalized spacial score (nSPS) is 10.8. The molecule has 220 valence electrons. The van der Waals surface area contributed by atoms with Crippen LogP contribution >= 0.6 is 11.9 Å². The Morgan fingerprint density at radius 1 is 0.791 bits per heavy atom. The summed E-state index contributed by atoms with van der Waals surface area (Å²) in [5, 5.41) is 9.56. The second-order valence-corrected chi connectivity index (χ2v) is 10.8. The van der Waals surface area contributed by atoms with Crippen LogP contribution in [-0.4, -0.2) is 36.6 Å². The van der Waals surface area contributed by atoms with Crippen molar-refractivity contribution < 1.29 is 14.3 Å². The van der Waals surface area contributed by atoms with Crippen LogP contribution in [0.4, 0.5) is 23.0 Å². The molecule has 0 fully saturated rings. The number of nitrogens with one attached hydrogen (secondary N) is 4. The molecule has 0 aliphatic heterocycles. The molecular weight excluding hydrogens is 560 g/mol. The van der Waals surface area contributed by atoms with Gasteiger partial charge in [0.25, 0.3) is 0 Å². The lowest BCUT2D eigenvalue weighted by Gasteiger charge is -2.15. The highest BCUT2D eigenvalue weighted by Gasteiger charge is 2.12. The molecule has 0 atom stereocenters. The van der Waals surface area contributed by atoms with Gasteiger partial charge in [-0.15, -0.1) is 0 Å². The molecule has 0 saturated carbocycles. The fourth-order valence-corrected chi connectivity index (χ4v) is 5.17. The van der Waals surface area contributed by atoms with E-state index < -0.39 is 0 Å². The Labute approximate surface area is 255 Å². The minimum absolute atomic E-state index is 0.111. The lowest BCUT2D eigenvalue weighted by molar-refractivity contribution is -0.115. The molecule has 4 N–H and O–H groups in total. The zero-order chi connectivity index (χ0) is 30.2. The summed E-state index contributed by atoms with van der Waals surface area (Å²) in [6.45, 7) is 5.00. The quantitative estimate of drug-likeness (QED) is 0.115. The van der Waals surface area contributed by atoms with Crippen molar-refractivity contribution in [2.45, 2.75) is 25.3 Å². The van der Waals surface area contributed by atoms with Crippen molar-refractivity contribution in [1.29, 1.82) is 0 Å². The van der Waals surface area contributed by atoms with Crippen molar-refractivity contribution in [2.24, 2.45) is 0 Å². The van der Waals surface area contributed by atoms with Gasteiger partial charge in [0.2, 0.25) is 5.91 Å². The third-order valence-corrected chi connectivity index (χ3v) is 7.45. The largest absolute Gasteiger partial charge is 0.497 e. The van der Waals surface area contributed by atoms with Crippen molar-refractivity contribution in [3.8, 4) is 11.5 Å². The van der Waals surface area contributed by atoms with E-state index in [1.807, 2.05) is 60.7 Å². The number of carbonyl (C=O) groups is 1. The first-order valence-electron chi connectivity index (χ1n) is 13.8. The zero-order valence-corrected chi connectivity index (χ0v) is 25.3. The van der Waals surface area contributed by atoms with E-state index in [-0.39, 0.29) is 12.5 Å². The van der Waals surface area contributed by atoms with E-state index in [9.17, 15) is 4.79 Å². The van der Waals surface area contributed by atoms with E-state index in [0.29, 0.717) is 35.4 Å². The van der Waals surface area contributed by atoms with Crippen LogP contribution in [0.1, 0.15) is 16.7 Å². The van der Waals surface area contributed by atoms with Gasteiger partial charge in [-0.2, -0.15) is 0 Å². The number of aromatic nitrogens is 2. The van der Waals surface area contributed by atoms with E-state index >= 15 is 0 Å². The molecule has 0 aliphatic carbocycles. The Bertz CT molecular complexity index is 1720. The first-order valence-corrected chi connectivity index (χ1v) is 14.6. The maximum Gasteiger partial charge on any atom is 0.238 e. The van der Waals surface area contributed by atoms with Gasteiger partial charge in [-0.3, -0.25) is 4.79 Å². The van der Waals surface area contributed by atoms with Gasteiger partial charge in [0.15, 0.2) is 11.6 Å². The fraction of sp³-hybridized carbons (Fsp3) is 0.182. The molecule has 1 aromatic heterocycles. The molecule has 10 heteroatoms. The molecule has 0 spiro atoms. The van der Waals surface area contributed by atoms with Gasteiger partial charge in [0, 0.05) is 41.0 Å². The van der Waals surface area contributed by atoms with E-state index in [0.717, 1.165) is 21.6 Å². The summed E-state index contributed by atoms with van der Waals surface area (Å²) in [6.07, 6.45) is 0. The van der Waals surface area contributed by atoms with E-state index in [1.165, 1.54) is 28.6 Å². The predicted octanol–water partition coefficient (Wildman–Crippen LogP) is 6.85. The van der Waals surface area contributed by atoms with Crippen molar-refractivity contribution in [2.75, 3.05) is 36.1 Å². The van der Waals surface area contributed by atoms with Crippen LogP contribution in [0, 0.1) is 13.8 Å². The molecular formula is C33H34N6O3S. The molecule has 43 heavy (non-hydrogen) atoms. The van der Waals surface area contributed by atoms with Gasteiger partial charge in [-0.1, -0.05) is 42.0 Å². The highest BCUT2D eigenvalue weighted by Crippen LogP contribution is 2.32. The highest BCUT2D eigenvalue weighted by molar-refractivity contribution is 8.00. The number of fused-ring (bicyclic) bond motifs is 1. The number of carbonyl (C=O) groups excluding carboxylic acids is 1.